The molecule has 2 rings (SSSR count). The second-order valence-electron chi connectivity index (χ2n) is 5.07. The molecule has 0 bridgehead atoms. The summed E-state index contributed by atoms with van der Waals surface area (Å²) in [4.78, 5) is 11.4. The molecule has 1 atom stereocenters. The number of hydrogen-bond acceptors (Lipinski definition) is 3. The zero-order chi connectivity index (χ0) is 15.2. The number of amides is 1. The molecule has 0 aliphatic rings. The number of benzene rings is 2. The lowest BCUT2D eigenvalue weighted by molar-refractivity contribution is -0.119. The van der Waals surface area contributed by atoms with Crippen LogP contribution in [0.1, 0.15) is 28.3 Å². The normalized spacial score (nSPS) is 12.0. The SMILES string of the molecule is Cc1ccc([C@H](N)c2ccccc2)c(CNC(=O)CN)c1. The molecule has 0 saturated heterocycles. The zero-order valence-corrected chi connectivity index (χ0v) is 12.2. The summed E-state index contributed by atoms with van der Waals surface area (Å²) in [5.74, 6) is -0.171. The Morgan fingerprint density at radius 2 is 1.90 bits per heavy atom. The van der Waals surface area contributed by atoms with Crippen LogP contribution in [0.5, 0.6) is 0 Å². The van der Waals surface area contributed by atoms with E-state index < -0.39 is 0 Å². The van der Waals surface area contributed by atoms with E-state index in [1.54, 1.807) is 0 Å². The Hall–Kier alpha value is -2.17. The minimum absolute atomic E-state index is 0.00805. The molecule has 0 unspecified atom stereocenters. The third kappa shape index (κ3) is 3.90. The number of rotatable bonds is 5. The minimum atomic E-state index is -0.212. The van der Waals surface area contributed by atoms with E-state index in [2.05, 4.69) is 11.4 Å². The number of aryl methyl sites for hydroxylation is 1. The third-order valence-corrected chi connectivity index (χ3v) is 3.45. The lowest BCUT2D eigenvalue weighted by Gasteiger charge is -2.18. The average molecular weight is 283 g/mol. The zero-order valence-electron chi connectivity index (χ0n) is 12.2. The van der Waals surface area contributed by atoms with Gasteiger partial charge in [-0.25, -0.2) is 0 Å². The fourth-order valence-electron chi connectivity index (χ4n) is 2.30. The van der Waals surface area contributed by atoms with Crippen molar-refractivity contribution >= 4 is 5.91 Å². The molecule has 0 aromatic heterocycles. The van der Waals surface area contributed by atoms with Crippen LogP contribution in [0.15, 0.2) is 48.5 Å². The third-order valence-electron chi connectivity index (χ3n) is 3.45. The Morgan fingerprint density at radius 3 is 2.57 bits per heavy atom. The molecule has 0 radical (unpaired) electrons. The van der Waals surface area contributed by atoms with Crippen molar-refractivity contribution in [2.75, 3.05) is 6.54 Å². The second-order valence-corrected chi connectivity index (χ2v) is 5.07. The molecule has 4 nitrogen and oxygen atoms in total. The maximum Gasteiger partial charge on any atom is 0.234 e. The van der Waals surface area contributed by atoms with Crippen LogP contribution in [-0.4, -0.2) is 12.5 Å². The van der Waals surface area contributed by atoms with Gasteiger partial charge in [0, 0.05) is 6.54 Å². The van der Waals surface area contributed by atoms with E-state index in [1.165, 1.54) is 0 Å². The molecule has 1 amide bonds. The standard InChI is InChI=1S/C17H21N3O/c1-12-7-8-15(14(9-12)11-20-16(21)10-18)17(19)13-5-3-2-4-6-13/h2-9,17H,10-11,18-19H2,1H3,(H,20,21)/t17-/m1/s1. The number of nitrogens with one attached hydrogen (secondary N) is 1. The molecule has 21 heavy (non-hydrogen) atoms. The molecular weight excluding hydrogens is 262 g/mol. The highest BCUT2D eigenvalue weighted by Gasteiger charge is 2.13. The number of carbonyl (C=O) groups is 1. The van der Waals surface area contributed by atoms with Gasteiger partial charge in [-0.15, -0.1) is 0 Å². The molecule has 0 aliphatic carbocycles. The predicted molar refractivity (Wildman–Crippen MR) is 84.6 cm³/mol. The smallest absolute Gasteiger partial charge is 0.234 e. The van der Waals surface area contributed by atoms with Crippen molar-refractivity contribution < 1.29 is 4.79 Å². The number of hydrogen-bond donors (Lipinski definition) is 3. The predicted octanol–water partition coefficient (Wildman–Crippen LogP) is 1.62. The van der Waals surface area contributed by atoms with Crippen LogP contribution >= 0.6 is 0 Å². The van der Waals surface area contributed by atoms with E-state index in [-0.39, 0.29) is 18.5 Å². The molecule has 0 spiro atoms. The van der Waals surface area contributed by atoms with E-state index in [0.29, 0.717) is 6.54 Å². The first-order valence-corrected chi connectivity index (χ1v) is 6.98. The van der Waals surface area contributed by atoms with Gasteiger partial charge in [0.2, 0.25) is 5.91 Å². The molecule has 2 aromatic rings. The minimum Gasteiger partial charge on any atom is -0.351 e. The largest absolute Gasteiger partial charge is 0.351 e. The lowest BCUT2D eigenvalue weighted by Crippen LogP contribution is -2.30. The summed E-state index contributed by atoms with van der Waals surface area (Å²) in [5.41, 5.74) is 15.9. The van der Waals surface area contributed by atoms with E-state index in [4.69, 9.17) is 11.5 Å². The fraction of sp³-hybridized carbons (Fsp3) is 0.235. The second kappa shape index (κ2) is 7.02. The Balaban J connectivity index is 2.28. The average Bonchev–Trinajstić information content (AvgIpc) is 2.53. The fourth-order valence-corrected chi connectivity index (χ4v) is 2.30. The van der Waals surface area contributed by atoms with Crippen LogP contribution in [0.2, 0.25) is 0 Å². The molecule has 0 aliphatic heterocycles. The molecular formula is C17H21N3O. The van der Waals surface area contributed by atoms with Gasteiger partial charge in [0.25, 0.3) is 0 Å². The van der Waals surface area contributed by atoms with Gasteiger partial charge in [-0.3, -0.25) is 4.79 Å². The van der Waals surface area contributed by atoms with Gasteiger partial charge in [0.15, 0.2) is 0 Å². The molecule has 0 saturated carbocycles. The summed E-state index contributed by atoms with van der Waals surface area (Å²) in [6.07, 6.45) is 0. The number of carbonyl (C=O) groups excluding carboxylic acids is 1. The maximum atomic E-state index is 11.4. The molecule has 0 heterocycles. The molecule has 2 aromatic carbocycles. The van der Waals surface area contributed by atoms with Crippen molar-refractivity contribution in [1.29, 1.82) is 0 Å². The van der Waals surface area contributed by atoms with E-state index in [1.807, 2.05) is 49.4 Å². The highest BCUT2D eigenvalue weighted by Crippen LogP contribution is 2.23. The van der Waals surface area contributed by atoms with Crippen molar-refractivity contribution in [3.63, 3.8) is 0 Å². The van der Waals surface area contributed by atoms with Crippen LogP contribution in [-0.2, 0) is 11.3 Å². The summed E-state index contributed by atoms with van der Waals surface area (Å²) < 4.78 is 0. The van der Waals surface area contributed by atoms with Gasteiger partial charge in [0.05, 0.1) is 12.6 Å². The molecule has 110 valence electrons. The monoisotopic (exact) mass is 283 g/mol. The van der Waals surface area contributed by atoms with Crippen molar-refractivity contribution in [3.8, 4) is 0 Å². The van der Waals surface area contributed by atoms with Gasteiger partial charge in [0.1, 0.15) is 0 Å². The maximum absolute atomic E-state index is 11.4. The van der Waals surface area contributed by atoms with Gasteiger partial charge < -0.3 is 16.8 Å². The molecule has 5 N–H and O–H groups in total. The van der Waals surface area contributed by atoms with Gasteiger partial charge >= 0.3 is 0 Å². The summed E-state index contributed by atoms with van der Waals surface area (Å²) >= 11 is 0. The molecule has 0 fully saturated rings. The Kier molecular flexibility index (Phi) is 5.09. The van der Waals surface area contributed by atoms with Gasteiger partial charge in [-0.1, -0.05) is 54.1 Å². The quantitative estimate of drug-likeness (QED) is 0.780. The van der Waals surface area contributed by atoms with Crippen LogP contribution < -0.4 is 16.8 Å². The number of nitrogens with two attached hydrogens (primary N) is 2. The van der Waals surface area contributed by atoms with E-state index in [0.717, 1.165) is 22.3 Å². The lowest BCUT2D eigenvalue weighted by atomic mass is 9.94. The first-order chi connectivity index (χ1) is 10.1. The Labute approximate surface area is 125 Å². The van der Waals surface area contributed by atoms with Crippen LogP contribution in [0.3, 0.4) is 0 Å². The van der Waals surface area contributed by atoms with Crippen molar-refractivity contribution in [1.82, 2.24) is 5.32 Å². The Morgan fingerprint density at radius 1 is 1.19 bits per heavy atom. The van der Waals surface area contributed by atoms with Crippen molar-refractivity contribution in [2.24, 2.45) is 11.5 Å². The summed E-state index contributed by atoms with van der Waals surface area (Å²) in [7, 11) is 0. The summed E-state index contributed by atoms with van der Waals surface area (Å²) in [5, 5.41) is 2.80. The highest BCUT2D eigenvalue weighted by molar-refractivity contribution is 5.77. The van der Waals surface area contributed by atoms with E-state index in [9.17, 15) is 4.79 Å². The summed E-state index contributed by atoms with van der Waals surface area (Å²) in [6, 6.07) is 15.8. The molecule has 4 heteroatoms. The highest BCUT2D eigenvalue weighted by atomic mass is 16.1. The van der Waals surface area contributed by atoms with Crippen LogP contribution in [0, 0.1) is 6.92 Å². The van der Waals surface area contributed by atoms with Crippen molar-refractivity contribution in [3.05, 3.63) is 70.8 Å². The Bertz CT molecular complexity index is 611. The summed E-state index contributed by atoms with van der Waals surface area (Å²) in [6.45, 7) is 2.45. The first-order valence-electron chi connectivity index (χ1n) is 6.98. The van der Waals surface area contributed by atoms with Crippen LogP contribution in [0.25, 0.3) is 0 Å². The van der Waals surface area contributed by atoms with E-state index >= 15 is 0 Å². The first kappa shape index (κ1) is 15.2. The van der Waals surface area contributed by atoms with Gasteiger partial charge in [-0.2, -0.15) is 0 Å². The van der Waals surface area contributed by atoms with Crippen LogP contribution in [0.4, 0.5) is 0 Å². The van der Waals surface area contributed by atoms with Gasteiger partial charge in [-0.05, 0) is 23.6 Å². The topological polar surface area (TPSA) is 81.1 Å². The van der Waals surface area contributed by atoms with Crippen molar-refractivity contribution in [2.45, 2.75) is 19.5 Å².